The first-order chi connectivity index (χ1) is 25.7. The van der Waals surface area contributed by atoms with Crippen molar-refractivity contribution in [1.29, 1.82) is 0 Å². The van der Waals surface area contributed by atoms with Crippen LogP contribution in [0.25, 0.3) is 90.9 Å². The second kappa shape index (κ2) is 13.2. The van der Waals surface area contributed by atoms with Crippen molar-refractivity contribution in [2.45, 2.75) is 26.9 Å². The number of aryl methyl sites for hydroxylation is 2. The molecule has 2 aliphatic heterocycles. The first kappa shape index (κ1) is 31.3. The number of hydrogen-bond donors (Lipinski definition) is 2. The van der Waals surface area contributed by atoms with Crippen molar-refractivity contribution in [3.63, 3.8) is 0 Å². The fourth-order valence-electron chi connectivity index (χ4n) is 7.36. The molecule has 250 valence electrons. The van der Waals surface area contributed by atoms with Gasteiger partial charge in [0.2, 0.25) is 0 Å². The molecule has 0 aliphatic carbocycles. The average Bonchev–Trinajstić information content (AvgIpc) is 4.04. The van der Waals surface area contributed by atoms with Crippen molar-refractivity contribution in [2.24, 2.45) is 0 Å². The Bertz CT molecular complexity index is 2510. The van der Waals surface area contributed by atoms with Gasteiger partial charge < -0.3 is 9.97 Å². The molecule has 7 heterocycles. The summed E-state index contributed by atoms with van der Waals surface area (Å²) in [5.74, 6) is 0. The molecule has 0 atom stereocenters. The van der Waals surface area contributed by atoms with Crippen molar-refractivity contribution in [2.75, 3.05) is 0 Å². The summed E-state index contributed by atoms with van der Waals surface area (Å²) in [7, 11) is 0. The van der Waals surface area contributed by atoms with Gasteiger partial charge in [0.15, 0.2) is 24.8 Å². The Hall–Kier alpha value is -6.66. The number of H-pyrrole nitrogens is 2. The van der Waals surface area contributed by atoms with Gasteiger partial charge in [0.25, 0.3) is 0 Å². The lowest BCUT2D eigenvalue weighted by atomic mass is 10.0. The van der Waals surface area contributed by atoms with E-state index in [9.17, 15) is 0 Å². The van der Waals surface area contributed by atoms with Crippen LogP contribution in [0.5, 0.6) is 0 Å². The summed E-state index contributed by atoms with van der Waals surface area (Å²) in [6.45, 7) is 6.06. The third-order valence-electron chi connectivity index (χ3n) is 9.90. The molecule has 0 radical (unpaired) electrons. The highest BCUT2D eigenvalue weighted by atomic mass is 14.9. The quantitative estimate of drug-likeness (QED) is 0.173. The second-order valence-corrected chi connectivity index (χ2v) is 13.1. The monoisotopic (exact) mass is 674 g/mol. The molecular formula is C46H38N6+2. The maximum atomic E-state index is 5.41. The molecular weight excluding hydrogens is 637 g/mol. The molecule has 0 saturated heterocycles. The molecule has 9 rings (SSSR count). The van der Waals surface area contributed by atoms with Gasteiger partial charge in [-0.2, -0.15) is 0 Å². The molecule has 0 saturated carbocycles. The number of pyridine rings is 2. The van der Waals surface area contributed by atoms with E-state index in [1.807, 2.05) is 0 Å². The molecule has 5 aromatic heterocycles. The summed E-state index contributed by atoms with van der Waals surface area (Å²) in [5, 5.41) is 0. The Balaban J connectivity index is 1.47. The van der Waals surface area contributed by atoms with Crippen LogP contribution in [0.3, 0.4) is 0 Å². The van der Waals surface area contributed by atoms with Crippen LogP contribution in [0.15, 0.2) is 134 Å². The maximum absolute atomic E-state index is 5.41. The Kier molecular flexibility index (Phi) is 7.97. The van der Waals surface area contributed by atoms with E-state index >= 15 is 0 Å². The van der Waals surface area contributed by atoms with Crippen LogP contribution in [-0.2, 0) is 13.1 Å². The SMILES string of the molecule is CC[n+]1cccc(-c2c3nc(c(-c4ccccc4)c4ccc([nH]4)c(-c4ccc[n+](CC)c4)c4nc(c(-c5ccccc5)c5ccc2[nH]5)C=C4)C=C3)c1. The van der Waals surface area contributed by atoms with Crippen molar-refractivity contribution in [3.8, 4) is 44.5 Å². The molecule has 0 spiro atoms. The van der Waals surface area contributed by atoms with E-state index in [1.54, 1.807) is 0 Å². The van der Waals surface area contributed by atoms with Crippen molar-refractivity contribution in [3.05, 3.63) is 157 Å². The van der Waals surface area contributed by atoms with Gasteiger partial charge >= 0.3 is 0 Å². The molecule has 0 unspecified atom stereocenters. The molecule has 8 bridgehead atoms. The number of aromatic nitrogens is 6. The minimum absolute atomic E-state index is 0.870. The minimum Gasteiger partial charge on any atom is -0.354 e. The molecule has 6 heteroatoms. The van der Waals surface area contributed by atoms with Gasteiger partial charge in [-0.1, -0.05) is 60.7 Å². The van der Waals surface area contributed by atoms with E-state index in [1.165, 1.54) is 0 Å². The summed E-state index contributed by atoms with van der Waals surface area (Å²) in [5.41, 5.74) is 16.1. The zero-order valence-electron chi connectivity index (χ0n) is 29.2. The van der Waals surface area contributed by atoms with Gasteiger partial charge in [-0.05, 0) is 85.7 Å². The number of rotatable bonds is 6. The molecule has 52 heavy (non-hydrogen) atoms. The summed E-state index contributed by atoms with van der Waals surface area (Å²) in [4.78, 5) is 18.5. The van der Waals surface area contributed by atoms with Gasteiger partial charge in [-0.25, -0.2) is 19.1 Å². The summed E-state index contributed by atoms with van der Waals surface area (Å²) < 4.78 is 4.41. The molecule has 6 nitrogen and oxygen atoms in total. The van der Waals surface area contributed by atoms with Gasteiger partial charge in [0.1, 0.15) is 13.1 Å². The lowest BCUT2D eigenvalue weighted by Crippen LogP contribution is -2.30. The van der Waals surface area contributed by atoms with Crippen LogP contribution in [0.4, 0.5) is 0 Å². The molecule has 2 aromatic carbocycles. The van der Waals surface area contributed by atoms with E-state index in [-0.39, 0.29) is 0 Å². The first-order valence-corrected chi connectivity index (χ1v) is 17.9. The third kappa shape index (κ3) is 5.64. The first-order valence-electron chi connectivity index (χ1n) is 17.9. The number of nitrogens with zero attached hydrogens (tertiary/aromatic N) is 4. The summed E-state index contributed by atoms with van der Waals surface area (Å²) in [6.07, 6.45) is 17.2. The molecule has 2 aliphatic rings. The smallest absolute Gasteiger partial charge is 0.176 e. The van der Waals surface area contributed by atoms with Crippen LogP contribution < -0.4 is 9.13 Å². The predicted molar refractivity (Wildman–Crippen MR) is 212 cm³/mol. The lowest BCUT2D eigenvalue weighted by molar-refractivity contribution is -0.693. The molecule has 0 amide bonds. The number of fused-ring (bicyclic) bond motifs is 8. The third-order valence-corrected chi connectivity index (χ3v) is 9.90. The number of aromatic amines is 2. The van der Waals surface area contributed by atoms with Gasteiger partial charge in [-0.15, -0.1) is 0 Å². The van der Waals surface area contributed by atoms with Crippen LogP contribution in [-0.4, -0.2) is 19.9 Å². The van der Waals surface area contributed by atoms with Crippen molar-refractivity contribution >= 4 is 46.4 Å². The maximum Gasteiger partial charge on any atom is 0.176 e. The predicted octanol–water partition coefficient (Wildman–Crippen LogP) is 9.94. The fourth-order valence-corrected chi connectivity index (χ4v) is 7.36. The second-order valence-electron chi connectivity index (χ2n) is 13.1. The van der Waals surface area contributed by atoms with Gasteiger partial charge in [0, 0.05) is 67.6 Å². The highest BCUT2D eigenvalue weighted by Crippen LogP contribution is 2.38. The summed E-state index contributed by atoms with van der Waals surface area (Å²) >= 11 is 0. The minimum atomic E-state index is 0.870. The van der Waals surface area contributed by atoms with Crippen LogP contribution in [0.1, 0.15) is 36.6 Å². The van der Waals surface area contributed by atoms with E-state index in [4.69, 9.17) is 9.97 Å². The fraction of sp³-hybridized carbons (Fsp3) is 0.0870. The van der Waals surface area contributed by atoms with E-state index in [0.29, 0.717) is 0 Å². The topological polar surface area (TPSA) is 65.1 Å². The van der Waals surface area contributed by atoms with Crippen molar-refractivity contribution < 1.29 is 9.13 Å². The number of hydrogen-bond acceptors (Lipinski definition) is 2. The normalized spacial score (nSPS) is 12.0. The van der Waals surface area contributed by atoms with Crippen LogP contribution in [0, 0.1) is 0 Å². The number of benzene rings is 2. The molecule has 0 fully saturated rings. The van der Waals surface area contributed by atoms with Crippen LogP contribution >= 0.6 is 0 Å². The van der Waals surface area contributed by atoms with Gasteiger partial charge in [0.05, 0.1) is 22.8 Å². The zero-order chi connectivity index (χ0) is 35.0. The standard InChI is InChI=1S/C46H38N6/c1-3-51-27-11-17-33(29-51)45-39-23-19-35(47-39)43(31-13-7-5-8-14-31)37-21-25-41(49-37)46(34-18-12-28-52(4-2)30-34)42-26-22-38(50-42)44(32-15-9-6-10-16-32)36-20-24-40(45)48-36/h5-30,47,50H,3-4H2,1-2H3/q+2. The van der Waals surface area contributed by atoms with E-state index in [0.717, 1.165) is 102 Å². The van der Waals surface area contributed by atoms with Gasteiger partial charge in [-0.3, -0.25) is 0 Å². The lowest BCUT2D eigenvalue weighted by Gasteiger charge is -2.06. The largest absolute Gasteiger partial charge is 0.354 e. The molecule has 7 aromatic rings. The highest BCUT2D eigenvalue weighted by molar-refractivity contribution is 5.99. The summed E-state index contributed by atoms with van der Waals surface area (Å²) in [6, 6.07) is 38.3. The Morgan fingerprint density at radius 3 is 1.08 bits per heavy atom. The molecule has 2 N–H and O–H groups in total. The Labute approximate surface area is 302 Å². The van der Waals surface area contributed by atoms with E-state index < -0.39 is 0 Å². The Morgan fingerprint density at radius 2 is 0.731 bits per heavy atom. The average molecular weight is 675 g/mol. The van der Waals surface area contributed by atoms with Crippen molar-refractivity contribution in [1.82, 2.24) is 19.9 Å². The Morgan fingerprint density at radius 1 is 0.404 bits per heavy atom. The van der Waals surface area contributed by atoms with E-state index in [2.05, 4.69) is 191 Å². The number of nitrogens with one attached hydrogen (secondary N) is 2. The van der Waals surface area contributed by atoms with Crippen LogP contribution in [0.2, 0.25) is 0 Å². The highest BCUT2D eigenvalue weighted by Gasteiger charge is 2.20. The zero-order valence-corrected chi connectivity index (χ0v) is 29.2.